The van der Waals surface area contributed by atoms with Crippen molar-refractivity contribution in [3.05, 3.63) is 72.0 Å². The summed E-state index contributed by atoms with van der Waals surface area (Å²) in [4.78, 5) is 29.4. The molecule has 1 aromatic heterocycles. The zero-order valence-electron chi connectivity index (χ0n) is 18.2. The van der Waals surface area contributed by atoms with Crippen LogP contribution in [-0.4, -0.2) is 35.6 Å². The Labute approximate surface area is 205 Å². The number of aromatic amines is 1. The van der Waals surface area contributed by atoms with Gasteiger partial charge in [-0.05, 0) is 60.7 Å². The van der Waals surface area contributed by atoms with Crippen LogP contribution >= 0.6 is 0 Å². The Morgan fingerprint density at radius 3 is 2.24 bits per heavy atom. The maximum absolute atomic E-state index is 14.4. The number of anilines is 3. The largest absolute Gasteiger partial charge is 0.465 e. The number of carbonyl (C=O) groups excluding carboxylic acids is 1. The van der Waals surface area contributed by atoms with Crippen LogP contribution in [0.5, 0.6) is 0 Å². The van der Waals surface area contributed by atoms with E-state index in [2.05, 4.69) is 9.97 Å². The quantitative estimate of drug-likeness (QED) is 0.266. The molecule has 4 aromatic rings. The summed E-state index contributed by atoms with van der Waals surface area (Å²) in [5.41, 5.74) is 3.64. The minimum absolute atomic E-state index is 0.116. The second kappa shape index (κ2) is 9.09. The van der Waals surface area contributed by atoms with Crippen molar-refractivity contribution in [1.29, 1.82) is 0 Å². The Bertz CT molecular complexity index is 1640. The van der Waals surface area contributed by atoms with Crippen molar-refractivity contribution >= 4 is 50.3 Å². The molecule has 3 amide bonds. The molecule has 0 aliphatic rings. The number of carboxylic acid groups (broad SMARTS) is 1. The molecule has 0 saturated carbocycles. The van der Waals surface area contributed by atoms with Gasteiger partial charge in [-0.3, -0.25) is 10.2 Å². The lowest BCUT2D eigenvalue weighted by Gasteiger charge is -2.22. The summed E-state index contributed by atoms with van der Waals surface area (Å²) in [6.07, 6.45) is -6.19. The van der Waals surface area contributed by atoms with E-state index in [0.29, 0.717) is 28.6 Å². The number of benzene rings is 3. The molecule has 5 N–H and O–H groups in total. The highest BCUT2D eigenvalue weighted by molar-refractivity contribution is 7.91. The molecule has 0 fully saturated rings. The van der Waals surface area contributed by atoms with Gasteiger partial charge in [0.15, 0.2) is 0 Å². The number of amides is 3. The van der Waals surface area contributed by atoms with Gasteiger partial charge in [0.25, 0.3) is 0 Å². The molecule has 37 heavy (non-hydrogen) atoms. The second-order valence-corrected chi connectivity index (χ2v) is 9.48. The number of hydrogen-bond donors (Lipinski definition) is 4. The van der Waals surface area contributed by atoms with Gasteiger partial charge < -0.3 is 15.8 Å². The number of fused-ring (bicyclic) bond motifs is 1. The number of rotatable bonds is 5. The zero-order chi connectivity index (χ0) is 27.1. The standard InChI is InChI=1S/C22H15F4N5O5S/c23-15-7-1-11(22(24,25)26)9-18(15)31(19(27)32)12-2-4-13(5-3-12)37(35,36)14-6-8-16-17(10-14)29-20(28-16)30-21(33)34/h1-10H,(H2,27,32)(H,33,34)(H2,28,29,30). The lowest BCUT2D eigenvalue weighted by atomic mass is 10.1. The van der Waals surface area contributed by atoms with E-state index in [-0.39, 0.29) is 26.9 Å². The molecule has 0 atom stereocenters. The van der Waals surface area contributed by atoms with Crippen LogP contribution in [0.4, 0.5) is 44.5 Å². The van der Waals surface area contributed by atoms with Gasteiger partial charge in [0, 0.05) is 0 Å². The van der Waals surface area contributed by atoms with E-state index >= 15 is 0 Å². The van der Waals surface area contributed by atoms with Gasteiger partial charge in [0.2, 0.25) is 15.8 Å². The zero-order valence-corrected chi connectivity index (χ0v) is 19.1. The summed E-state index contributed by atoms with van der Waals surface area (Å²) in [5, 5.41) is 10.8. The third-order valence-electron chi connectivity index (χ3n) is 5.13. The summed E-state index contributed by atoms with van der Waals surface area (Å²) < 4.78 is 79.9. The number of urea groups is 1. The smallest absolute Gasteiger partial charge is 0.416 e. The summed E-state index contributed by atoms with van der Waals surface area (Å²) >= 11 is 0. The number of alkyl halides is 3. The monoisotopic (exact) mass is 537 g/mol. The molecular formula is C22H15F4N5O5S. The molecule has 0 unspecified atom stereocenters. The number of primary amides is 1. The molecule has 0 aliphatic carbocycles. The van der Waals surface area contributed by atoms with E-state index in [4.69, 9.17) is 10.8 Å². The highest BCUT2D eigenvalue weighted by Gasteiger charge is 2.32. The summed E-state index contributed by atoms with van der Waals surface area (Å²) in [5.74, 6) is -1.28. The number of imidazole rings is 1. The molecule has 0 saturated heterocycles. The highest BCUT2D eigenvalue weighted by Crippen LogP contribution is 2.36. The van der Waals surface area contributed by atoms with Crippen LogP contribution in [0.15, 0.2) is 70.5 Å². The first kappa shape index (κ1) is 25.4. The Kier molecular flexibility index (Phi) is 6.25. The van der Waals surface area contributed by atoms with Crippen LogP contribution in [0.25, 0.3) is 11.0 Å². The molecule has 0 spiro atoms. The molecule has 10 nitrogen and oxygen atoms in total. The molecule has 0 aliphatic heterocycles. The molecule has 3 aromatic carbocycles. The van der Waals surface area contributed by atoms with Gasteiger partial charge >= 0.3 is 18.3 Å². The predicted molar refractivity (Wildman–Crippen MR) is 123 cm³/mol. The Morgan fingerprint density at radius 2 is 1.65 bits per heavy atom. The van der Waals surface area contributed by atoms with Crippen molar-refractivity contribution in [2.24, 2.45) is 5.73 Å². The lowest BCUT2D eigenvalue weighted by Crippen LogP contribution is -2.32. The molecule has 192 valence electrons. The third-order valence-corrected chi connectivity index (χ3v) is 6.90. The first-order valence-corrected chi connectivity index (χ1v) is 11.6. The van der Waals surface area contributed by atoms with Crippen molar-refractivity contribution in [3.8, 4) is 0 Å². The average Bonchev–Trinajstić information content (AvgIpc) is 3.20. The van der Waals surface area contributed by atoms with Crippen molar-refractivity contribution in [3.63, 3.8) is 0 Å². The number of nitrogens with one attached hydrogen (secondary N) is 2. The number of nitrogens with zero attached hydrogens (tertiary/aromatic N) is 2. The molecule has 0 bridgehead atoms. The van der Waals surface area contributed by atoms with Crippen LogP contribution < -0.4 is 16.0 Å². The predicted octanol–water partition coefficient (Wildman–Crippen LogP) is 4.86. The molecule has 1 heterocycles. The van der Waals surface area contributed by atoms with Gasteiger partial charge in [-0.1, -0.05) is 0 Å². The number of nitrogens with two attached hydrogens (primary N) is 1. The van der Waals surface area contributed by atoms with Gasteiger partial charge in [0.1, 0.15) is 5.82 Å². The second-order valence-electron chi connectivity index (χ2n) is 7.53. The fourth-order valence-corrected chi connectivity index (χ4v) is 4.76. The first-order chi connectivity index (χ1) is 17.3. The SMILES string of the molecule is NC(=O)N(c1ccc(S(=O)(=O)c2ccc3nc(NC(=O)O)[nH]c3c2)cc1)c1cc(C(F)(F)F)ccc1F. The number of sulfone groups is 1. The van der Waals surface area contributed by atoms with Gasteiger partial charge in [0.05, 0.1) is 37.8 Å². The van der Waals surface area contributed by atoms with Crippen molar-refractivity contribution in [2.45, 2.75) is 16.0 Å². The van der Waals surface area contributed by atoms with Crippen LogP contribution in [0.2, 0.25) is 0 Å². The maximum Gasteiger partial charge on any atom is 0.416 e. The number of aromatic nitrogens is 2. The van der Waals surface area contributed by atoms with Gasteiger partial charge in [-0.15, -0.1) is 0 Å². The van der Waals surface area contributed by atoms with E-state index in [1.54, 1.807) is 0 Å². The first-order valence-electron chi connectivity index (χ1n) is 10.1. The van der Waals surface area contributed by atoms with E-state index in [1.807, 2.05) is 5.32 Å². The van der Waals surface area contributed by atoms with Gasteiger partial charge in [-0.2, -0.15) is 13.2 Å². The summed E-state index contributed by atoms with van der Waals surface area (Å²) in [7, 11) is -4.15. The highest BCUT2D eigenvalue weighted by atomic mass is 32.2. The van der Waals surface area contributed by atoms with E-state index in [9.17, 15) is 35.6 Å². The number of hydrogen-bond acceptors (Lipinski definition) is 5. The van der Waals surface area contributed by atoms with Gasteiger partial charge in [-0.25, -0.2) is 27.4 Å². The molecule has 0 radical (unpaired) electrons. The number of H-pyrrole nitrogens is 1. The third kappa shape index (κ3) is 5.02. The summed E-state index contributed by atoms with van der Waals surface area (Å²) in [6, 6.07) is 8.29. The minimum Gasteiger partial charge on any atom is -0.465 e. The topological polar surface area (TPSA) is 158 Å². The fourth-order valence-electron chi connectivity index (χ4n) is 3.47. The van der Waals surface area contributed by atoms with E-state index in [0.717, 1.165) is 24.3 Å². The van der Waals surface area contributed by atoms with E-state index in [1.165, 1.54) is 18.2 Å². The number of carbonyl (C=O) groups is 2. The van der Waals surface area contributed by atoms with Crippen LogP contribution in [0.3, 0.4) is 0 Å². The molecule has 15 heteroatoms. The van der Waals surface area contributed by atoms with Crippen LogP contribution in [0, 0.1) is 5.82 Å². The average molecular weight is 537 g/mol. The van der Waals surface area contributed by atoms with Crippen LogP contribution in [-0.2, 0) is 16.0 Å². The fraction of sp³-hybridized carbons (Fsp3) is 0.0455. The maximum atomic E-state index is 14.4. The Hall–Kier alpha value is -4.66. The molecular weight excluding hydrogens is 522 g/mol. The minimum atomic E-state index is -4.82. The number of halogens is 4. The Balaban J connectivity index is 1.70. The normalized spacial score (nSPS) is 11.9. The van der Waals surface area contributed by atoms with Crippen molar-refractivity contribution in [1.82, 2.24) is 9.97 Å². The van der Waals surface area contributed by atoms with Crippen LogP contribution in [0.1, 0.15) is 5.56 Å². The Morgan fingerprint density at radius 1 is 1.00 bits per heavy atom. The lowest BCUT2D eigenvalue weighted by molar-refractivity contribution is -0.137. The van der Waals surface area contributed by atoms with E-state index < -0.39 is 45.2 Å². The van der Waals surface area contributed by atoms with Crippen molar-refractivity contribution < 1.29 is 40.7 Å². The molecule has 4 rings (SSSR count). The summed E-state index contributed by atoms with van der Waals surface area (Å²) in [6.45, 7) is 0. The van der Waals surface area contributed by atoms with Crippen molar-refractivity contribution in [2.75, 3.05) is 10.2 Å².